The van der Waals surface area contributed by atoms with Gasteiger partial charge in [-0.2, -0.15) is 0 Å². The molecule has 1 aliphatic heterocycles. The van der Waals surface area contributed by atoms with Crippen molar-refractivity contribution in [3.63, 3.8) is 0 Å². The molecule has 1 aliphatic rings. The van der Waals surface area contributed by atoms with Gasteiger partial charge in [0, 0.05) is 26.5 Å². The summed E-state index contributed by atoms with van der Waals surface area (Å²) in [5, 5.41) is 0. The number of amides is 1. The Balaban J connectivity index is 2.27. The van der Waals surface area contributed by atoms with Gasteiger partial charge in [0.15, 0.2) is 0 Å². The van der Waals surface area contributed by atoms with E-state index >= 15 is 0 Å². The topological polar surface area (TPSA) is 68.5 Å². The molecule has 0 spiro atoms. The van der Waals surface area contributed by atoms with Crippen molar-refractivity contribution < 1.29 is 9.53 Å². The van der Waals surface area contributed by atoms with E-state index in [1.807, 2.05) is 6.07 Å². The molecule has 0 radical (unpaired) electrons. The Bertz CT molecular complexity index is 472. The van der Waals surface area contributed by atoms with Gasteiger partial charge in [-0.1, -0.05) is 18.3 Å². The molecule has 2 N–H and O–H groups in total. The standard InChI is InChI=1S/C13H17N3O2S/c1-16(10-4-2-3-7-15-10)12(17)13(11(14)19)5-8-18-9-6-13/h2-4,7H,5-6,8-9H2,1H3,(H2,14,19). The van der Waals surface area contributed by atoms with Gasteiger partial charge in [-0.15, -0.1) is 0 Å². The number of thiocarbonyl (C=S) groups is 1. The van der Waals surface area contributed by atoms with Gasteiger partial charge in [0.2, 0.25) is 5.91 Å². The van der Waals surface area contributed by atoms with Crippen LogP contribution >= 0.6 is 12.2 Å². The molecule has 0 atom stereocenters. The monoisotopic (exact) mass is 279 g/mol. The van der Waals surface area contributed by atoms with Crippen LogP contribution in [0.15, 0.2) is 24.4 Å². The molecule has 0 aliphatic carbocycles. The highest BCUT2D eigenvalue weighted by Gasteiger charge is 2.45. The summed E-state index contributed by atoms with van der Waals surface area (Å²) >= 11 is 5.13. The van der Waals surface area contributed by atoms with Crippen LogP contribution in [0.2, 0.25) is 0 Å². The molecule has 19 heavy (non-hydrogen) atoms. The van der Waals surface area contributed by atoms with Crippen molar-refractivity contribution in [3.8, 4) is 0 Å². The minimum absolute atomic E-state index is 0.109. The van der Waals surface area contributed by atoms with Crippen LogP contribution in [0.25, 0.3) is 0 Å². The molecule has 102 valence electrons. The van der Waals surface area contributed by atoms with Crippen molar-refractivity contribution in [2.24, 2.45) is 11.1 Å². The Morgan fingerprint density at radius 3 is 2.68 bits per heavy atom. The second kappa shape index (κ2) is 5.63. The molecule has 1 aromatic rings. The fourth-order valence-corrected chi connectivity index (χ4v) is 2.55. The molecule has 5 nitrogen and oxygen atoms in total. The van der Waals surface area contributed by atoms with E-state index in [0.29, 0.717) is 31.9 Å². The van der Waals surface area contributed by atoms with Crippen LogP contribution in [0.5, 0.6) is 0 Å². The van der Waals surface area contributed by atoms with Crippen LogP contribution in [-0.2, 0) is 9.53 Å². The molecule has 1 saturated heterocycles. The van der Waals surface area contributed by atoms with E-state index in [4.69, 9.17) is 22.7 Å². The van der Waals surface area contributed by atoms with E-state index in [9.17, 15) is 4.79 Å². The predicted octanol–water partition coefficient (Wildman–Crippen LogP) is 1.13. The Morgan fingerprint density at radius 2 is 2.16 bits per heavy atom. The van der Waals surface area contributed by atoms with Crippen molar-refractivity contribution in [3.05, 3.63) is 24.4 Å². The summed E-state index contributed by atoms with van der Waals surface area (Å²) in [6.45, 7) is 0.998. The summed E-state index contributed by atoms with van der Waals surface area (Å²) in [6, 6.07) is 5.42. The molecule has 1 aromatic heterocycles. The number of hydrogen-bond donors (Lipinski definition) is 1. The molecule has 2 rings (SSSR count). The van der Waals surface area contributed by atoms with E-state index < -0.39 is 5.41 Å². The Hall–Kier alpha value is -1.53. The number of nitrogens with two attached hydrogens (primary N) is 1. The zero-order valence-corrected chi connectivity index (χ0v) is 11.7. The molecule has 0 bridgehead atoms. The summed E-state index contributed by atoms with van der Waals surface area (Å²) in [6.07, 6.45) is 2.70. The molecule has 1 amide bonds. The number of ether oxygens (including phenoxy) is 1. The summed E-state index contributed by atoms with van der Waals surface area (Å²) in [5.41, 5.74) is 5.02. The highest BCUT2D eigenvalue weighted by Crippen LogP contribution is 2.34. The first-order chi connectivity index (χ1) is 9.08. The number of pyridine rings is 1. The van der Waals surface area contributed by atoms with Crippen LogP contribution in [0.3, 0.4) is 0 Å². The maximum atomic E-state index is 12.7. The van der Waals surface area contributed by atoms with Gasteiger partial charge >= 0.3 is 0 Å². The first-order valence-electron chi connectivity index (χ1n) is 6.15. The lowest BCUT2D eigenvalue weighted by molar-refractivity contribution is -0.128. The van der Waals surface area contributed by atoms with Crippen molar-refractivity contribution in [2.75, 3.05) is 25.2 Å². The highest BCUT2D eigenvalue weighted by atomic mass is 32.1. The van der Waals surface area contributed by atoms with Crippen LogP contribution in [0.1, 0.15) is 12.8 Å². The number of nitrogens with zero attached hydrogens (tertiary/aromatic N) is 2. The predicted molar refractivity (Wildman–Crippen MR) is 76.9 cm³/mol. The molecule has 0 saturated carbocycles. The quantitative estimate of drug-likeness (QED) is 0.840. The van der Waals surface area contributed by atoms with E-state index in [-0.39, 0.29) is 10.9 Å². The van der Waals surface area contributed by atoms with Gasteiger partial charge in [0.05, 0.1) is 4.99 Å². The van der Waals surface area contributed by atoms with E-state index in [1.165, 1.54) is 4.90 Å². The zero-order valence-electron chi connectivity index (χ0n) is 10.8. The Morgan fingerprint density at radius 1 is 1.47 bits per heavy atom. The van der Waals surface area contributed by atoms with Gasteiger partial charge in [-0.05, 0) is 25.0 Å². The van der Waals surface area contributed by atoms with E-state index in [0.717, 1.165) is 0 Å². The molecule has 2 heterocycles. The third kappa shape index (κ3) is 2.59. The number of hydrogen-bond acceptors (Lipinski definition) is 4. The zero-order chi connectivity index (χ0) is 13.9. The summed E-state index contributed by atoms with van der Waals surface area (Å²) in [4.78, 5) is 18.7. The van der Waals surface area contributed by atoms with E-state index in [1.54, 1.807) is 25.4 Å². The van der Waals surface area contributed by atoms with Crippen LogP contribution in [-0.4, -0.2) is 36.1 Å². The average molecular weight is 279 g/mol. The van der Waals surface area contributed by atoms with Gasteiger partial charge in [-0.3, -0.25) is 9.69 Å². The van der Waals surface area contributed by atoms with Crippen LogP contribution < -0.4 is 10.6 Å². The van der Waals surface area contributed by atoms with Gasteiger partial charge in [0.25, 0.3) is 0 Å². The highest BCUT2D eigenvalue weighted by molar-refractivity contribution is 7.80. The van der Waals surface area contributed by atoms with Crippen LogP contribution in [0.4, 0.5) is 5.82 Å². The van der Waals surface area contributed by atoms with Crippen molar-refractivity contribution in [2.45, 2.75) is 12.8 Å². The summed E-state index contributed by atoms with van der Waals surface area (Å²) in [5.74, 6) is 0.483. The minimum atomic E-state index is -0.806. The lowest BCUT2D eigenvalue weighted by Gasteiger charge is -2.37. The molecule has 0 unspecified atom stereocenters. The fourth-order valence-electron chi connectivity index (χ4n) is 2.26. The molecule has 0 aromatic carbocycles. The minimum Gasteiger partial charge on any atom is -0.392 e. The lowest BCUT2D eigenvalue weighted by atomic mass is 9.78. The third-order valence-electron chi connectivity index (χ3n) is 3.52. The maximum Gasteiger partial charge on any atom is 0.241 e. The van der Waals surface area contributed by atoms with Gasteiger partial charge in [-0.25, -0.2) is 4.98 Å². The number of rotatable bonds is 3. The number of anilines is 1. The lowest BCUT2D eigenvalue weighted by Crippen LogP contribution is -2.52. The first kappa shape index (κ1) is 13.9. The SMILES string of the molecule is CN(C(=O)C1(C(N)=S)CCOCC1)c1ccccn1. The van der Waals surface area contributed by atoms with Gasteiger partial charge in [0.1, 0.15) is 11.2 Å². The maximum absolute atomic E-state index is 12.7. The largest absolute Gasteiger partial charge is 0.392 e. The first-order valence-corrected chi connectivity index (χ1v) is 6.55. The average Bonchev–Trinajstić information content (AvgIpc) is 2.47. The third-order valence-corrected chi connectivity index (χ3v) is 3.92. The number of carbonyl (C=O) groups is 1. The van der Waals surface area contributed by atoms with Crippen LogP contribution in [0, 0.1) is 5.41 Å². The number of carbonyl (C=O) groups excluding carboxylic acids is 1. The van der Waals surface area contributed by atoms with Crippen molar-refractivity contribution in [1.82, 2.24) is 4.98 Å². The summed E-state index contributed by atoms with van der Waals surface area (Å²) < 4.78 is 5.31. The van der Waals surface area contributed by atoms with E-state index in [2.05, 4.69) is 4.98 Å². The Labute approximate surface area is 117 Å². The Kier molecular flexibility index (Phi) is 4.11. The number of aromatic nitrogens is 1. The van der Waals surface area contributed by atoms with Gasteiger partial charge < -0.3 is 10.5 Å². The van der Waals surface area contributed by atoms with Crippen molar-refractivity contribution >= 4 is 28.9 Å². The second-order valence-electron chi connectivity index (χ2n) is 4.61. The normalized spacial score (nSPS) is 17.7. The molecule has 1 fully saturated rings. The fraction of sp³-hybridized carbons (Fsp3) is 0.462. The summed E-state index contributed by atoms with van der Waals surface area (Å²) in [7, 11) is 1.69. The molecule has 6 heteroatoms. The smallest absolute Gasteiger partial charge is 0.241 e. The second-order valence-corrected chi connectivity index (χ2v) is 5.05. The molecular weight excluding hydrogens is 262 g/mol. The molecular formula is C13H17N3O2S. The van der Waals surface area contributed by atoms with Crippen molar-refractivity contribution in [1.29, 1.82) is 0 Å².